The highest BCUT2D eigenvalue weighted by atomic mass is 127. The van der Waals surface area contributed by atoms with Crippen molar-refractivity contribution in [3.05, 3.63) is 27.3 Å². The number of nitrogens with zero attached hydrogens (tertiary/aromatic N) is 1. The van der Waals surface area contributed by atoms with Crippen molar-refractivity contribution in [3.8, 4) is 0 Å². The Morgan fingerprint density at radius 3 is 2.56 bits per heavy atom. The molecule has 1 saturated heterocycles. The Morgan fingerprint density at radius 1 is 1.33 bits per heavy atom. The number of hydrogen-bond acceptors (Lipinski definition) is 3. The van der Waals surface area contributed by atoms with E-state index < -0.39 is 0 Å². The average Bonchev–Trinajstić information content (AvgIpc) is 2.63. The van der Waals surface area contributed by atoms with E-state index in [2.05, 4.69) is 27.9 Å². The van der Waals surface area contributed by atoms with Crippen LogP contribution in [0.5, 0.6) is 0 Å². The molecule has 1 N–H and O–H groups in total. The summed E-state index contributed by atoms with van der Waals surface area (Å²) in [5, 5.41) is 3.12. The number of carbonyl (C=O) groups is 2. The quantitative estimate of drug-likeness (QED) is 0.466. The minimum absolute atomic E-state index is 0.160. The van der Waals surface area contributed by atoms with Crippen LogP contribution >= 0.6 is 34.8 Å². The van der Waals surface area contributed by atoms with Crippen LogP contribution in [0.25, 0.3) is 0 Å². The zero-order valence-electron chi connectivity index (χ0n) is 9.70. The Bertz CT molecular complexity index is 529. The molecule has 0 radical (unpaired) electrons. The van der Waals surface area contributed by atoms with Gasteiger partial charge in [-0.15, -0.1) is 0 Å². The summed E-state index contributed by atoms with van der Waals surface area (Å²) in [4.78, 5) is 24.1. The molecule has 0 bridgehead atoms. The van der Waals surface area contributed by atoms with Crippen molar-refractivity contribution in [3.63, 3.8) is 0 Å². The van der Waals surface area contributed by atoms with E-state index in [9.17, 15) is 9.59 Å². The van der Waals surface area contributed by atoms with Crippen LogP contribution in [0.3, 0.4) is 0 Å². The Kier molecular flexibility index (Phi) is 3.96. The van der Waals surface area contributed by atoms with Crippen LogP contribution in [0.15, 0.2) is 18.2 Å². The van der Waals surface area contributed by atoms with Crippen molar-refractivity contribution in [2.45, 2.75) is 19.8 Å². The number of thiocarbonyl (C=S) groups is 1. The van der Waals surface area contributed by atoms with Crippen molar-refractivity contribution in [2.75, 3.05) is 5.32 Å². The molecule has 1 heterocycles. The minimum Gasteiger partial charge on any atom is -0.332 e. The first-order valence-corrected chi connectivity index (χ1v) is 6.90. The standard InChI is InChI=1S/C12H11IN2O2S/c1-7-2-3-8(13)6-9(7)14-12(18)15-10(16)4-5-11(15)17/h2-3,6H,4-5H2,1H3,(H,14,18). The van der Waals surface area contributed by atoms with Gasteiger partial charge in [-0.05, 0) is 59.4 Å². The first-order valence-electron chi connectivity index (χ1n) is 5.42. The van der Waals surface area contributed by atoms with Crippen molar-refractivity contribution >= 4 is 57.4 Å². The lowest BCUT2D eigenvalue weighted by Gasteiger charge is -2.17. The molecule has 0 spiro atoms. The van der Waals surface area contributed by atoms with Gasteiger partial charge in [-0.2, -0.15) is 0 Å². The van der Waals surface area contributed by atoms with Gasteiger partial charge < -0.3 is 5.32 Å². The predicted octanol–water partition coefficient (Wildman–Crippen LogP) is 2.45. The Morgan fingerprint density at radius 2 is 1.94 bits per heavy atom. The first-order chi connectivity index (χ1) is 8.49. The van der Waals surface area contributed by atoms with Crippen molar-refractivity contribution in [1.82, 2.24) is 4.90 Å². The third kappa shape index (κ3) is 2.69. The number of halogens is 1. The predicted molar refractivity (Wildman–Crippen MR) is 81.2 cm³/mol. The molecule has 4 nitrogen and oxygen atoms in total. The number of nitrogens with one attached hydrogen (secondary N) is 1. The van der Waals surface area contributed by atoms with E-state index in [1.807, 2.05) is 25.1 Å². The van der Waals surface area contributed by atoms with Crippen molar-refractivity contribution in [1.29, 1.82) is 0 Å². The summed E-state index contributed by atoms with van der Waals surface area (Å²) in [7, 11) is 0. The van der Waals surface area contributed by atoms with Crippen LogP contribution in [-0.4, -0.2) is 21.8 Å². The maximum atomic E-state index is 11.5. The zero-order valence-corrected chi connectivity index (χ0v) is 12.7. The van der Waals surface area contributed by atoms with Gasteiger partial charge in [0.15, 0.2) is 5.11 Å². The van der Waals surface area contributed by atoms with Gasteiger partial charge in [-0.1, -0.05) is 6.07 Å². The lowest BCUT2D eigenvalue weighted by atomic mass is 10.2. The van der Waals surface area contributed by atoms with Crippen LogP contribution in [-0.2, 0) is 9.59 Å². The van der Waals surface area contributed by atoms with Gasteiger partial charge in [0.2, 0.25) is 11.8 Å². The molecule has 0 unspecified atom stereocenters. The molecule has 2 amide bonds. The second kappa shape index (κ2) is 5.31. The van der Waals surface area contributed by atoms with E-state index in [-0.39, 0.29) is 29.8 Å². The fourth-order valence-corrected chi connectivity index (χ4v) is 2.51. The number of imide groups is 1. The summed E-state index contributed by atoms with van der Waals surface area (Å²) in [6.45, 7) is 1.94. The molecule has 18 heavy (non-hydrogen) atoms. The highest BCUT2D eigenvalue weighted by molar-refractivity contribution is 14.1. The maximum absolute atomic E-state index is 11.5. The third-order valence-corrected chi connectivity index (χ3v) is 3.65. The lowest BCUT2D eigenvalue weighted by molar-refractivity contribution is -0.133. The molecule has 0 atom stereocenters. The number of carbonyl (C=O) groups excluding carboxylic acids is 2. The van der Waals surface area contributed by atoms with E-state index >= 15 is 0 Å². The molecule has 1 fully saturated rings. The van der Waals surface area contributed by atoms with Gasteiger partial charge in [0.1, 0.15) is 0 Å². The lowest BCUT2D eigenvalue weighted by Crippen LogP contribution is -2.38. The van der Waals surface area contributed by atoms with Crippen LogP contribution < -0.4 is 5.32 Å². The number of benzene rings is 1. The second-order valence-corrected chi connectivity index (χ2v) is 5.64. The van der Waals surface area contributed by atoms with Gasteiger partial charge >= 0.3 is 0 Å². The third-order valence-electron chi connectivity index (χ3n) is 2.70. The van der Waals surface area contributed by atoms with Gasteiger partial charge in [-0.25, -0.2) is 4.90 Å². The number of anilines is 1. The van der Waals surface area contributed by atoms with Crippen molar-refractivity contribution < 1.29 is 9.59 Å². The topological polar surface area (TPSA) is 49.4 Å². The minimum atomic E-state index is -0.235. The van der Waals surface area contributed by atoms with E-state index in [0.29, 0.717) is 0 Å². The van der Waals surface area contributed by atoms with Crippen LogP contribution in [0, 0.1) is 10.5 Å². The zero-order chi connectivity index (χ0) is 13.3. The number of likely N-dealkylation sites (tertiary alicyclic amines) is 1. The molecule has 1 aliphatic heterocycles. The van der Waals surface area contributed by atoms with Crippen LogP contribution in [0.2, 0.25) is 0 Å². The molecule has 1 aromatic rings. The summed E-state index contributed by atoms with van der Waals surface area (Å²) in [5.41, 5.74) is 1.83. The molecule has 0 aliphatic carbocycles. The van der Waals surface area contributed by atoms with Gasteiger partial charge in [0.25, 0.3) is 0 Å². The molecule has 94 valence electrons. The number of amides is 2. The smallest absolute Gasteiger partial charge is 0.236 e. The number of hydrogen-bond donors (Lipinski definition) is 1. The highest BCUT2D eigenvalue weighted by Gasteiger charge is 2.32. The van der Waals surface area contributed by atoms with Gasteiger partial charge in [-0.3, -0.25) is 9.59 Å². The molecule has 1 aliphatic rings. The molecular formula is C12H11IN2O2S. The monoisotopic (exact) mass is 374 g/mol. The van der Waals surface area contributed by atoms with E-state index in [1.165, 1.54) is 0 Å². The van der Waals surface area contributed by atoms with E-state index in [0.717, 1.165) is 19.7 Å². The van der Waals surface area contributed by atoms with E-state index in [4.69, 9.17) is 12.2 Å². The van der Waals surface area contributed by atoms with Gasteiger partial charge in [0, 0.05) is 22.1 Å². The molecule has 6 heteroatoms. The molecular weight excluding hydrogens is 363 g/mol. The van der Waals surface area contributed by atoms with Crippen LogP contribution in [0.4, 0.5) is 5.69 Å². The normalized spacial score (nSPS) is 15.1. The van der Waals surface area contributed by atoms with Gasteiger partial charge in [0.05, 0.1) is 0 Å². The maximum Gasteiger partial charge on any atom is 0.236 e. The summed E-state index contributed by atoms with van der Waals surface area (Å²) in [5.74, 6) is -0.471. The highest BCUT2D eigenvalue weighted by Crippen LogP contribution is 2.20. The Labute approximate surface area is 124 Å². The summed E-state index contributed by atoms with van der Waals surface area (Å²) in [6, 6.07) is 5.86. The SMILES string of the molecule is Cc1ccc(I)cc1NC(=S)N1C(=O)CCC1=O. The summed E-state index contributed by atoms with van der Waals surface area (Å²) < 4.78 is 1.06. The number of aryl methyl sites for hydroxylation is 1. The molecule has 0 saturated carbocycles. The average molecular weight is 374 g/mol. The molecule has 0 aromatic heterocycles. The van der Waals surface area contributed by atoms with Crippen LogP contribution in [0.1, 0.15) is 18.4 Å². The van der Waals surface area contributed by atoms with Crippen molar-refractivity contribution in [2.24, 2.45) is 0 Å². The van der Waals surface area contributed by atoms with E-state index in [1.54, 1.807) is 0 Å². The first kappa shape index (κ1) is 13.4. The summed E-state index contributed by atoms with van der Waals surface area (Å²) in [6.07, 6.45) is 0.484. The Hall–Kier alpha value is -1.02. The fraction of sp³-hybridized carbons (Fsp3) is 0.250. The Balaban J connectivity index is 2.19. The largest absolute Gasteiger partial charge is 0.332 e. The summed E-state index contributed by atoms with van der Waals surface area (Å²) >= 11 is 7.32. The fourth-order valence-electron chi connectivity index (χ4n) is 1.70. The molecule has 2 rings (SSSR count). The number of rotatable bonds is 1. The second-order valence-electron chi connectivity index (χ2n) is 4.01. The molecule has 1 aromatic carbocycles.